The van der Waals surface area contributed by atoms with Gasteiger partial charge in [-0.3, -0.25) is 4.68 Å². The summed E-state index contributed by atoms with van der Waals surface area (Å²) in [6.07, 6.45) is 1.02. The second-order valence-electron chi connectivity index (χ2n) is 4.51. The Balaban J connectivity index is 2.94. The molecule has 0 saturated carbocycles. The summed E-state index contributed by atoms with van der Waals surface area (Å²) in [5.41, 5.74) is 2.38. The van der Waals surface area contributed by atoms with Gasteiger partial charge in [0, 0.05) is 19.0 Å². The first-order valence-electron chi connectivity index (χ1n) is 5.90. The highest BCUT2D eigenvalue weighted by molar-refractivity contribution is 9.10. The Bertz CT molecular complexity index is 344. The minimum atomic E-state index is 0.498. The molecule has 0 fully saturated rings. The molecular formula is C12H22BrN3. The maximum absolute atomic E-state index is 4.52. The Kier molecular flexibility index (Phi) is 4.99. The van der Waals surface area contributed by atoms with Crippen molar-refractivity contribution in [3.63, 3.8) is 0 Å². The first-order chi connectivity index (χ1) is 7.51. The molecule has 0 bridgehead atoms. The molecule has 0 aromatic carbocycles. The number of nitrogens with one attached hydrogen (secondary N) is 1. The van der Waals surface area contributed by atoms with Gasteiger partial charge in [0.25, 0.3) is 0 Å². The number of aromatic nitrogens is 2. The number of likely N-dealkylation sites (N-methyl/N-ethyl adjacent to an activating group) is 1. The summed E-state index contributed by atoms with van der Waals surface area (Å²) in [5.74, 6) is 0.623. The van der Waals surface area contributed by atoms with E-state index >= 15 is 0 Å². The molecule has 0 spiro atoms. The number of halogens is 1. The fourth-order valence-corrected chi connectivity index (χ4v) is 2.39. The fraction of sp³-hybridized carbons (Fsp3) is 0.750. The van der Waals surface area contributed by atoms with E-state index in [4.69, 9.17) is 0 Å². The van der Waals surface area contributed by atoms with Crippen LogP contribution in [-0.2, 0) is 13.0 Å². The van der Waals surface area contributed by atoms with E-state index in [9.17, 15) is 0 Å². The zero-order chi connectivity index (χ0) is 12.3. The molecule has 1 rings (SSSR count). The summed E-state index contributed by atoms with van der Waals surface area (Å²) in [6.45, 7) is 9.59. The van der Waals surface area contributed by atoms with E-state index in [1.54, 1.807) is 0 Å². The van der Waals surface area contributed by atoms with Crippen LogP contribution >= 0.6 is 15.9 Å². The molecule has 1 unspecified atom stereocenters. The summed E-state index contributed by atoms with van der Waals surface area (Å²) < 4.78 is 3.25. The molecule has 0 aliphatic carbocycles. The molecule has 4 heteroatoms. The fourth-order valence-electron chi connectivity index (χ4n) is 1.94. The highest BCUT2D eigenvalue weighted by atomic mass is 79.9. The Morgan fingerprint density at radius 3 is 2.50 bits per heavy atom. The van der Waals surface area contributed by atoms with Gasteiger partial charge in [-0.15, -0.1) is 0 Å². The molecule has 0 aliphatic heterocycles. The van der Waals surface area contributed by atoms with Crippen molar-refractivity contribution in [2.75, 3.05) is 7.05 Å². The van der Waals surface area contributed by atoms with Crippen LogP contribution in [0.4, 0.5) is 0 Å². The van der Waals surface area contributed by atoms with Crippen LogP contribution in [0.1, 0.15) is 32.2 Å². The minimum Gasteiger partial charge on any atom is -0.316 e. The van der Waals surface area contributed by atoms with Crippen LogP contribution in [0.15, 0.2) is 4.47 Å². The molecule has 1 atom stereocenters. The Hall–Kier alpha value is -0.350. The minimum absolute atomic E-state index is 0.498. The van der Waals surface area contributed by atoms with E-state index < -0.39 is 0 Å². The molecule has 1 heterocycles. The highest BCUT2D eigenvalue weighted by Crippen LogP contribution is 2.23. The smallest absolute Gasteiger partial charge is 0.0738 e. The standard InChI is InChI=1S/C12H22BrN3/c1-6-16-11(12(13)9(4)15-16)7-10(14-5)8(2)3/h8,10,14H,6-7H2,1-5H3. The molecule has 0 aliphatic rings. The van der Waals surface area contributed by atoms with Crippen molar-refractivity contribution in [2.24, 2.45) is 5.92 Å². The first kappa shape index (κ1) is 13.7. The van der Waals surface area contributed by atoms with Crippen LogP contribution in [0.2, 0.25) is 0 Å². The predicted molar refractivity (Wildman–Crippen MR) is 71.7 cm³/mol. The van der Waals surface area contributed by atoms with Crippen LogP contribution in [0.3, 0.4) is 0 Å². The molecule has 0 amide bonds. The van der Waals surface area contributed by atoms with Crippen molar-refractivity contribution in [3.05, 3.63) is 15.9 Å². The lowest BCUT2D eigenvalue weighted by Gasteiger charge is -2.20. The van der Waals surface area contributed by atoms with E-state index in [0.717, 1.165) is 23.1 Å². The van der Waals surface area contributed by atoms with Crippen LogP contribution < -0.4 is 5.32 Å². The zero-order valence-corrected chi connectivity index (χ0v) is 12.4. The largest absolute Gasteiger partial charge is 0.316 e. The summed E-state index contributed by atoms with van der Waals surface area (Å²) in [7, 11) is 2.03. The molecule has 0 radical (unpaired) electrons. The molecule has 1 N–H and O–H groups in total. The van der Waals surface area contributed by atoms with Crippen molar-refractivity contribution in [1.82, 2.24) is 15.1 Å². The van der Waals surface area contributed by atoms with E-state index in [1.165, 1.54) is 5.69 Å². The number of aryl methyl sites for hydroxylation is 2. The molecule has 1 aromatic rings. The summed E-state index contributed by atoms with van der Waals surface area (Å²) in [6, 6.07) is 0.498. The highest BCUT2D eigenvalue weighted by Gasteiger charge is 2.18. The van der Waals surface area contributed by atoms with Gasteiger partial charge < -0.3 is 5.32 Å². The molecule has 3 nitrogen and oxygen atoms in total. The molecule has 0 saturated heterocycles. The summed E-state index contributed by atoms with van der Waals surface area (Å²) >= 11 is 3.64. The van der Waals surface area contributed by atoms with Gasteiger partial charge >= 0.3 is 0 Å². The molecule has 1 aromatic heterocycles. The Morgan fingerprint density at radius 1 is 1.44 bits per heavy atom. The van der Waals surface area contributed by atoms with Crippen molar-refractivity contribution in [3.8, 4) is 0 Å². The number of hydrogen-bond donors (Lipinski definition) is 1. The average molecular weight is 288 g/mol. The van der Waals surface area contributed by atoms with Gasteiger partial charge in [0.15, 0.2) is 0 Å². The topological polar surface area (TPSA) is 29.9 Å². The average Bonchev–Trinajstić information content (AvgIpc) is 2.51. The first-order valence-corrected chi connectivity index (χ1v) is 6.69. The lowest BCUT2D eigenvalue weighted by atomic mass is 9.99. The van der Waals surface area contributed by atoms with Crippen LogP contribution in [0.25, 0.3) is 0 Å². The van der Waals surface area contributed by atoms with Crippen LogP contribution in [-0.4, -0.2) is 22.9 Å². The van der Waals surface area contributed by atoms with Gasteiger partial charge in [-0.1, -0.05) is 13.8 Å². The van der Waals surface area contributed by atoms with Gasteiger partial charge in [0.1, 0.15) is 0 Å². The SMILES string of the molecule is CCn1nc(C)c(Br)c1CC(NC)C(C)C. The lowest BCUT2D eigenvalue weighted by Crippen LogP contribution is -2.33. The van der Waals surface area contributed by atoms with E-state index in [-0.39, 0.29) is 0 Å². The second-order valence-corrected chi connectivity index (χ2v) is 5.30. The van der Waals surface area contributed by atoms with Gasteiger partial charge in [-0.2, -0.15) is 5.10 Å². The lowest BCUT2D eigenvalue weighted by molar-refractivity contribution is 0.412. The summed E-state index contributed by atoms with van der Waals surface area (Å²) in [5, 5.41) is 7.89. The normalized spacial score (nSPS) is 13.4. The van der Waals surface area contributed by atoms with Crippen molar-refractivity contribution in [1.29, 1.82) is 0 Å². The second kappa shape index (κ2) is 5.82. The predicted octanol–water partition coefficient (Wildman–Crippen LogP) is 2.76. The number of hydrogen-bond acceptors (Lipinski definition) is 2. The van der Waals surface area contributed by atoms with Gasteiger partial charge in [0.2, 0.25) is 0 Å². The maximum Gasteiger partial charge on any atom is 0.0738 e. The van der Waals surface area contributed by atoms with E-state index in [2.05, 4.69) is 51.8 Å². The third kappa shape index (κ3) is 2.86. The van der Waals surface area contributed by atoms with Crippen molar-refractivity contribution < 1.29 is 0 Å². The summed E-state index contributed by atoms with van der Waals surface area (Å²) in [4.78, 5) is 0. The van der Waals surface area contributed by atoms with Crippen LogP contribution in [0, 0.1) is 12.8 Å². The van der Waals surface area contributed by atoms with Crippen molar-refractivity contribution >= 4 is 15.9 Å². The van der Waals surface area contributed by atoms with Gasteiger partial charge in [-0.25, -0.2) is 0 Å². The van der Waals surface area contributed by atoms with E-state index in [0.29, 0.717) is 12.0 Å². The molecule has 16 heavy (non-hydrogen) atoms. The third-order valence-electron chi connectivity index (χ3n) is 3.04. The Morgan fingerprint density at radius 2 is 2.06 bits per heavy atom. The van der Waals surface area contributed by atoms with Gasteiger partial charge in [0.05, 0.1) is 15.9 Å². The van der Waals surface area contributed by atoms with Gasteiger partial charge in [-0.05, 0) is 42.7 Å². The monoisotopic (exact) mass is 287 g/mol. The number of nitrogens with zero attached hydrogens (tertiary/aromatic N) is 2. The molecule has 92 valence electrons. The zero-order valence-electron chi connectivity index (χ0n) is 10.8. The van der Waals surface area contributed by atoms with E-state index in [1.807, 2.05) is 14.0 Å². The Labute approximate surface area is 107 Å². The quantitative estimate of drug-likeness (QED) is 0.903. The third-order valence-corrected chi connectivity index (χ3v) is 4.07. The molecular weight excluding hydrogens is 266 g/mol. The van der Waals surface area contributed by atoms with Crippen LogP contribution in [0.5, 0.6) is 0 Å². The number of rotatable bonds is 5. The maximum atomic E-state index is 4.52. The van der Waals surface area contributed by atoms with Crippen molar-refractivity contribution in [2.45, 2.75) is 46.7 Å².